The lowest BCUT2D eigenvalue weighted by Crippen LogP contribution is -2.41. The Hall–Kier alpha value is -1.82. The van der Waals surface area contributed by atoms with Gasteiger partial charge in [-0.25, -0.2) is 0 Å². The minimum absolute atomic E-state index is 0.0519. The zero-order chi connectivity index (χ0) is 19.0. The molecule has 0 amide bonds. The lowest BCUT2D eigenvalue weighted by Gasteiger charge is -2.32. The number of benzene rings is 1. The Balaban J connectivity index is 2.45. The van der Waals surface area contributed by atoms with Gasteiger partial charge in [0.05, 0.1) is 35.0 Å². The zero-order valence-electron chi connectivity index (χ0n) is 14.4. The molecule has 4 nitrogen and oxygen atoms in total. The van der Waals surface area contributed by atoms with Crippen LogP contribution in [-0.4, -0.2) is 30.0 Å². The van der Waals surface area contributed by atoms with Crippen LogP contribution in [0.15, 0.2) is 23.7 Å². The van der Waals surface area contributed by atoms with E-state index in [1.165, 1.54) is 6.08 Å². The Bertz CT molecular complexity index is 720. The van der Waals surface area contributed by atoms with Crippen LogP contribution in [0, 0.1) is 11.3 Å². The van der Waals surface area contributed by atoms with Crippen LogP contribution in [0.3, 0.4) is 0 Å². The van der Waals surface area contributed by atoms with Crippen LogP contribution in [0.2, 0.25) is 0 Å². The van der Waals surface area contributed by atoms with Crippen molar-refractivity contribution in [2.45, 2.75) is 45.1 Å². The van der Waals surface area contributed by atoms with Crippen LogP contribution in [0.4, 0.5) is 13.2 Å². The van der Waals surface area contributed by atoms with Gasteiger partial charge in [-0.05, 0) is 56.9 Å². The summed E-state index contributed by atoms with van der Waals surface area (Å²) < 4.78 is 50.4. The third-order valence-electron chi connectivity index (χ3n) is 4.58. The van der Waals surface area contributed by atoms with Crippen molar-refractivity contribution in [2.75, 3.05) is 6.61 Å². The minimum atomic E-state index is -4.53. The number of aliphatic hydroxyl groups excluding tert-OH is 1. The van der Waals surface area contributed by atoms with E-state index in [2.05, 4.69) is 0 Å². The van der Waals surface area contributed by atoms with Crippen LogP contribution in [0.5, 0.6) is 0 Å². The lowest BCUT2D eigenvalue weighted by atomic mass is 9.77. The summed E-state index contributed by atoms with van der Waals surface area (Å²) in [5, 5.41) is 18.8. The van der Waals surface area contributed by atoms with Gasteiger partial charge in [0.15, 0.2) is 0 Å². The Morgan fingerprint density at radius 3 is 2.24 bits per heavy atom. The highest BCUT2D eigenvalue weighted by Gasteiger charge is 2.52. The molecular formula is C17H19BF3NO3. The molecular weight excluding hydrogens is 334 g/mol. The average Bonchev–Trinajstić information content (AvgIpc) is 2.71. The zero-order valence-corrected chi connectivity index (χ0v) is 14.4. The molecule has 134 valence electrons. The molecule has 0 aromatic heterocycles. The molecule has 1 aliphatic rings. The van der Waals surface area contributed by atoms with E-state index in [1.807, 2.05) is 33.8 Å². The fraction of sp³-hybridized carbons (Fsp3) is 0.471. The van der Waals surface area contributed by atoms with Crippen LogP contribution < -0.4 is 0 Å². The van der Waals surface area contributed by atoms with Gasteiger partial charge < -0.3 is 14.4 Å². The van der Waals surface area contributed by atoms with Gasteiger partial charge in [-0.15, -0.1) is 0 Å². The first-order valence-electron chi connectivity index (χ1n) is 7.69. The number of halogens is 3. The fourth-order valence-electron chi connectivity index (χ4n) is 2.34. The summed E-state index contributed by atoms with van der Waals surface area (Å²) in [6, 6.07) is 4.68. The van der Waals surface area contributed by atoms with E-state index in [0.717, 1.165) is 18.2 Å². The maximum Gasteiger partial charge on any atom is 0.492 e. The molecule has 1 N–H and O–H groups in total. The molecule has 2 rings (SSSR count). The number of alkyl halides is 3. The molecule has 0 spiro atoms. The second kappa shape index (κ2) is 6.48. The summed E-state index contributed by atoms with van der Waals surface area (Å²) in [7, 11) is -0.906. The molecule has 1 aromatic rings. The van der Waals surface area contributed by atoms with Gasteiger partial charge in [0.2, 0.25) is 0 Å². The van der Waals surface area contributed by atoms with Crippen molar-refractivity contribution < 1.29 is 27.6 Å². The smallest absolute Gasteiger partial charge is 0.400 e. The molecule has 0 bridgehead atoms. The fourth-order valence-corrected chi connectivity index (χ4v) is 2.34. The second-order valence-electron chi connectivity index (χ2n) is 6.88. The SMILES string of the molecule is CC1(C)OB(C(=Cc2cc(C(F)(F)F)ccc2C#N)CO)OC1(C)C. The quantitative estimate of drug-likeness (QED) is 0.844. The first kappa shape index (κ1) is 19.5. The van der Waals surface area contributed by atoms with Gasteiger partial charge in [-0.1, -0.05) is 6.08 Å². The number of aliphatic hydroxyl groups is 1. The molecule has 0 aliphatic carbocycles. The van der Waals surface area contributed by atoms with Gasteiger partial charge in [-0.2, -0.15) is 18.4 Å². The van der Waals surface area contributed by atoms with Gasteiger partial charge in [-0.3, -0.25) is 0 Å². The third kappa shape index (κ3) is 3.89. The molecule has 0 radical (unpaired) electrons. The summed E-state index contributed by atoms with van der Waals surface area (Å²) in [6.07, 6.45) is -3.21. The predicted molar refractivity (Wildman–Crippen MR) is 87.3 cm³/mol. The molecule has 8 heteroatoms. The Morgan fingerprint density at radius 1 is 1.24 bits per heavy atom. The summed E-state index contributed by atoms with van der Waals surface area (Å²) in [4.78, 5) is 0. The van der Waals surface area contributed by atoms with Gasteiger partial charge in [0.25, 0.3) is 0 Å². The maximum atomic E-state index is 12.9. The van der Waals surface area contributed by atoms with Crippen molar-refractivity contribution in [3.63, 3.8) is 0 Å². The lowest BCUT2D eigenvalue weighted by molar-refractivity contribution is -0.137. The van der Waals surface area contributed by atoms with Gasteiger partial charge in [0.1, 0.15) is 0 Å². The minimum Gasteiger partial charge on any atom is -0.400 e. The molecule has 1 aliphatic heterocycles. The van der Waals surface area contributed by atoms with E-state index >= 15 is 0 Å². The first-order chi connectivity index (χ1) is 11.4. The van der Waals surface area contributed by atoms with Crippen molar-refractivity contribution in [3.8, 4) is 6.07 Å². The summed E-state index contributed by atoms with van der Waals surface area (Å²) in [5.41, 5.74) is -1.82. The molecule has 1 fully saturated rings. The second-order valence-corrected chi connectivity index (χ2v) is 6.88. The normalized spacial score (nSPS) is 19.8. The highest BCUT2D eigenvalue weighted by Crippen LogP contribution is 2.39. The van der Waals surface area contributed by atoms with Crippen LogP contribution in [0.1, 0.15) is 44.4 Å². The monoisotopic (exact) mass is 353 g/mol. The Kier molecular flexibility index (Phi) is 5.06. The molecule has 0 unspecified atom stereocenters. The van der Waals surface area contributed by atoms with E-state index in [-0.39, 0.29) is 16.6 Å². The predicted octanol–water partition coefficient (Wildman–Crippen LogP) is 3.58. The van der Waals surface area contributed by atoms with Gasteiger partial charge in [0, 0.05) is 0 Å². The van der Waals surface area contributed by atoms with Crippen molar-refractivity contribution in [1.82, 2.24) is 0 Å². The largest absolute Gasteiger partial charge is 0.492 e. The summed E-state index contributed by atoms with van der Waals surface area (Å²) in [6.45, 7) is 6.83. The van der Waals surface area contributed by atoms with E-state index in [9.17, 15) is 18.3 Å². The van der Waals surface area contributed by atoms with Crippen LogP contribution >= 0.6 is 0 Å². The van der Waals surface area contributed by atoms with Crippen molar-refractivity contribution in [1.29, 1.82) is 5.26 Å². The van der Waals surface area contributed by atoms with Crippen molar-refractivity contribution in [3.05, 3.63) is 40.4 Å². The van der Waals surface area contributed by atoms with Gasteiger partial charge >= 0.3 is 13.3 Å². The van der Waals surface area contributed by atoms with Crippen molar-refractivity contribution in [2.24, 2.45) is 0 Å². The molecule has 0 saturated carbocycles. The number of nitrogens with zero attached hydrogens (tertiary/aromatic N) is 1. The van der Waals surface area contributed by atoms with Crippen LogP contribution in [-0.2, 0) is 15.5 Å². The summed E-state index contributed by atoms with van der Waals surface area (Å²) in [5.74, 6) is 0. The standard InChI is InChI=1S/C17H19BF3NO3/c1-15(2)16(3,4)25-18(24-15)14(10-23)8-12-7-13(17(19,20)21)6-5-11(12)9-22/h5-8,23H,10H2,1-4H3. The molecule has 1 aromatic carbocycles. The molecule has 0 atom stereocenters. The van der Waals surface area contributed by atoms with Crippen molar-refractivity contribution >= 4 is 13.2 Å². The Morgan fingerprint density at radius 2 is 1.80 bits per heavy atom. The van der Waals surface area contributed by atoms with Crippen LogP contribution in [0.25, 0.3) is 6.08 Å². The number of hydrogen-bond acceptors (Lipinski definition) is 4. The molecule has 1 heterocycles. The number of rotatable bonds is 3. The molecule has 1 saturated heterocycles. The van der Waals surface area contributed by atoms with E-state index in [0.29, 0.717) is 0 Å². The topological polar surface area (TPSA) is 62.5 Å². The Labute approximate surface area is 145 Å². The van der Waals surface area contributed by atoms with E-state index in [1.54, 1.807) is 0 Å². The number of hydrogen-bond donors (Lipinski definition) is 1. The molecule has 25 heavy (non-hydrogen) atoms. The van der Waals surface area contributed by atoms with E-state index < -0.39 is 36.7 Å². The highest BCUT2D eigenvalue weighted by atomic mass is 19.4. The number of nitriles is 1. The van der Waals surface area contributed by atoms with E-state index in [4.69, 9.17) is 14.6 Å². The summed E-state index contributed by atoms with van der Waals surface area (Å²) >= 11 is 0. The third-order valence-corrected chi connectivity index (χ3v) is 4.58. The highest BCUT2D eigenvalue weighted by molar-refractivity contribution is 6.55. The first-order valence-corrected chi connectivity index (χ1v) is 7.69. The maximum absolute atomic E-state index is 12.9. The average molecular weight is 353 g/mol.